The van der Waals surface area contributed by atoms with E-state index in [0.717, 1.165) is 18.4 Å². The number of rotatable bonds is 6. The predicted octanol–water partition coefficient (Wildman–Crippen LogP) is 4.96. The summed E-state index contributed by atoms with van der Waals surface area (Å²) in [5.41, 5.74) is 1.15. The molecule has 1 saturated heterocycles. The minimum Gasteiger partial charge on any atom is -0.352 e. The molecule has 160 valence electrons. The van der Waals surface area contributed by atoms with Gasteiger partial charge < -0.3 is 15.5 Å². The molecule has 1 fully saturated rings. The molecule has 8 heteroatoms. The summed E-state index contributed by atoms with van der Waals surface area (Å²) in [6.45, 7) is 1.48. The molecule has 2 N–H and O–H groups in total. The summed E-state index contributed by atoms with van der Waals surface area (Å²) >= 11 is 5.75. The topological polar surface area (TPSA) is 61.4 Å². The molecule has 1 aliphatic heterocycles. The number of halogens is 3. The van der Waals surface area contributed by atoms with Crippen LogP contribution in [-0.2, 0) is 11.3 Å². The van der Waals surface area contributed by atoms with Crippen LogP contribution in [0.3, 0.4) is 0 Å². The average Bonchev–Trinajstić information content (AvgIpc) is 2.73. The van der Waals surface area contributed by atoms with Gasteiger partial charge in [0.2, 0.25) is 5.91 Å². The van der Waals surface area contributed by atoms with Crippen LogP contribution < -0.4 is 10.6 Å². The number of nitrogens with one attached hydrogen (secondary N) is 2. The first-order valence-corrected chi connectivity index (χ1v) is 10.3. The highest BCUT2D eigenvalue weighted by Gasteiger charge is 2.24. The van der Waals surface area contributed by atoms with Gasteiger partial charge in [-0.15, -0.1) is 0 Å². The zero-order valence-electron chi connectivity index (χ0n) is 16.5. The first kappa shape index (κ1) is 22.0. The number of carbonyl (C=O) groups excluding carboxylic acids is 2. The number of nitrogens with zero attached hydrogens (tertiary/aromatic N) is 1. The van der Waals surface area contributed by atoms with Gasteiger partial charge in [-0.05, 0) is 61.1 Å². The molecule has 1 aliphatic rings. The Balaban J connectivity index is 1.42. The molecular formula is C22H24ClF2N3O2. The van der Waals surface area contributed by atoms with E-state index in [-0.39, 0.29) is 29.4 Å². The molecule has 1 heterocycles. The SMILES string of the molecule is O=C(CC[C@@H]1CCCN(C(=O)Nc2cccc(F)c2)C1)NCc1ccc(F)c(Cl)c1. The first-order valence-electron chi connectivity index (χ1n) is 9.93. The molecule has 1 atom stereocenters. The number of benzene rings is 2. The monoisotopic (exact) mass is 435 g/mol. The third kappa shape index (κ3) is 6.42. The number of anilines is 1. The molecule has 2 aromatic carbocycles. The third-order valence-corrected chi connectivity index (χ3v) is 5.43. The zero-order valence-corrected chi connectivity index (χ0v) is 17.2. The smallest absolute Gasteiger partial charge is 0.321 e. The molecule has 5 nitrogen and oxygen atoms in total. The van der Waals surface area contributed by atoms with E-state index in [2.05, 4.69) is 10.6 Å². The van der Waals surface area contributed by atoms with E-state index in [4.69, 9.17) is 11.6 Å². The van der Waals surface area contributed by atoms with Crippen LogP contribution in [0.1, 0.15) is 31.2 Å². The van der Waals surface area contributed by atoms with Gasteiger partial charge in [0.15, 0.2) is 0 Å². The van der Waals surface area contributed by atoms with Crippen molar-refractivity contribution in [3.8, 4) is 0 Å². The highest BCUT2D eigenvalue weighted by atomic mass is 35.5. The van der Waals surface area contributed by atoms with Crippen molar-refractivity contribution in [1.29, 1.82) is 0 Å². The Morgan fingerprint density at radius 2 is 2.00 bits per heavy atom. The van der Waals surface area contributed by atoms with Crippen molar-refractivity contribution >= 4 is 29.2 Å². The molecule has 0 radical (unpaired) electrons. The number of likely N-dealkylation sites (tertiary alicyclic amines) is 1. The summed E-state index contributed by atoms with van der Waals surface area (Å²) < 4.78 is 26.5. The van der Waals surface area contributed by atoms with E-state index < -0.39 is 11.6 Å². The molecule has 0 aromatic heterocycles. The van der Waals surface area contributed by atoms with E-state index in [9.17, 15) is 18.4 Å². The lowest BCUT2D eigenvalue weighted by Crippen LogP contribution is -2.42. The van der Waals surface area contributed by atoms with Crippen LogP contribution in [0, 0.1) is 17.6 Å². The Kier molecular flexibility index (Phi) is 7.63. The van der Waals surface area contributed by atoms with E-state index in [1.807, 2.05) is 0 Å². The van der Waals surface area contributed by atoms with Crippen molar-refractivity contribution in [3.63, 3.8) is 0 Å². The molecule has 0 saturated carbocycles. The molecule has 3 amide bonds. The van der Waals surface area contributed by atoms with Gasteiger partial charge >= 0.3 is 6.03 Å². The van der Waals surface area contributed by atoms with Crippen LogP contribution in [0.15, 0.2) is 42.5 Å². The maximum Gasteiger partial charge on any atom is 0.321 e. The van der Waals surface area contributed by atoms with E-state index in [1.54, 1.807) is 23.1 Å². The Morgan fingerprint density at radius 3 is 2.77 bits per heavy atom. The van der Waals surface area contributed by atoms with Gasteiger partial charge in [0, 0.05) is 31.7 Å². The lowest BCUT2D eigenvalue weighted by atomic mass is 9.93. The van der Waals surface area contributed by atoms with Crippen LogP contribution in [-0.4, -0.2) is 29.9 Å². The molecule has 30 heavy (non-hydrogen) atoms. The molecule has 2 aromatic rings. The van der Waals surface area contributed by atoms with Crippen LogP contribution in [0.5, 0.6) is 0 Å². The lowest BCUT2D eigenvalue weighted by Gasteiger charge is -2.32. The second-order valence-electron chi connectivity index (χ2n) is 7.46. The lowest BCUT2D eigenvalue weighted by molar-refractivity contribution is -0.121. The van der Waals surface area contributed by atoms with Crippen molar-refractivity contribution in [2.45, 2.75) is 32.2 Å². The molecule has 0 unspecified atom stereocenters. The maximum atomic E-state index is 13.3. The minimum absolute atomic E-state index is 0.0283. The van der Waals surface area contributed by atoms with Crippen molar-refractivity contribution < 1.29 is 18.4 Å². The average molecular weight is 436 g/mol. The van der Waals surface area contributed by atoms with Gasteiger partial charge in [0.25, 0.3) is 0 Å². The fourth-order valence-corrected chi connectivity index (χ4v) is 3.73. The van der Waals surface area contributed by atoms with Crippen molar-refractivity contribution in [3.05, 3.63) is 64.7 Å². The van der Waals surface area contributed by atoms with Gasteiger partial charge in [0.1, 0.15) is 11.6 Å². The highest BCUT2D eigenvalue weighted by molar-refractivity contribution is 6.30. The Bertz CT molecular complexity index is 910. The molecule has 0 spiro atoms. The van der Waals surface area contributed by atoms with Crippen molar-refractivity contribution in [1.82, 2.24) is 10.2 Å². The molecule has 3 rings (SSSR count). The van der Waals surface area contributed by atoms with E-state index in [0.29, 0.717) is 31.6 Å². The summed E-state index contributed by atoms with van der Waals surface area (Å²) in [6.07, 6.45) is 2.82. The largest absolute Gasteiger partial charge is 0.352 e. The summed E-state index contributed by atoms with van der Waals surface area (Å²) in [6, 6.07) is 9.87. The van der Waals surface area contributed by atoms with E-state index in [1.165, 1.54) is 24.3 Å². The summed E-state index contributed by atoms with van der Waals surface area (Å²) in [5, 5.41) is 5.55. The molecule has 0 aliphatic carbocycles. The number of piperidine rings is 1. The Labute approximate surface area is 179 Å². The Morgan fingerprint density at radius 1 is 1.17 bits per heavy atom. The second kappa shape index (κ2) is 10.4. The van der Waals surface area contributed by atoms with Crippen molar-refractivity contribution in [2.75, 3.05) is 18.4 Å². The predicted molar refractivity (Wildman–Crippen MR) is 112 cm³/mol. The number of urea groups is 1. The van der Waals surface area contributed by atoms with Gasteiger partial charge in [-0.3, -0.25) is 4.79 Å². The fourth-order valence-electron chi connectivity index (χ4n) is 3.53. The zero-order chi connectivity index (χ0) is 21.5. The second-order valence-corrected chi connectivity index (χ2v) is 7.87. The minimum atomic E-state index is -0.491. The van der Waals surface area contributed by atoms with Crippen LogP contribution in [0.25, 0.3) is 0 Å². The van der Waals surface area contributed by atoms with Crippen LogP contribution in [0.2, 0.25) is 5.02 Å². The van der Waals surface area contributed by atoms with Gasteiger partial charge in [0.05, 0.1) is 5.02 Å². The number of hydrogen-bond acceptors (Lipinski definition) is 2. The molecular weight excluding hydrogens is 412 g/mol. The van der Waals surface area contributed by atoms with Crippen LogP contribution in [0.4, 0.5) is 19.3 Å². The maximum absolute atomic E-state index is 13.3. The fraction of sp³-hybridized carbons (Fsp3) is 0.364. The first-order chi connectivity index (χ1) is 14.4. The number of carbonyl (C=O) groups is 2. The summed E-state index contributed by atoms with van der Waals surface area (Å²) in [5.74, 6) is -0.770. The quantitative estimate of drug-likeness (QED) is 0.673. The van der Waals surface area contributed by atoms with E-state index >= 15 is 0 Å². The summed E-state index contributed by atoms with van der Waals surface area (Å²) in [4.78, 5) is 26.3. The van der Waals surface area contributed by atoms with Gasteiger partial charge in [-0.2, -0.15) is 0 Å². The normalized spacial score (nSPS) is 16.2. The highest BCUT2D eigenvalue weighted by Crippen LogP contribution is 2.22. The van der Waals surface area contributed by atoms with Crippen molar-refractivity contribution in [2.24, 2.45) is 5.92 Å². The number of amides is 3. The number of hydrogen-bond donors (Lipinski definition) is 2. The van der Waals surface area contributed by atoms with Gasteiger partial charge in [-0.25, -0.2) is 13.6 Å². The standard InChI is InChI=1S/C22H24ClF2N3O2/c23-19-11-16(6-8-20(19)25)13-26-21(29)9-7-15-3-2-10-28(14-15)22(30)27-18-5-1-4-17(24)12-18/h1,4-6,8,11-12,15H,2-3,7,9-10,13-14H2,(H,26,29)(H,27,30)/t15-/m0/s1. The third-order valence-electron chi connectivity index (χ3n) is 5.14. The Hall–Kier alpha value is -2.67. The van der Waals surface area contributed by atoms with Crippen LogP contribution >= 0.6 is 11.6 Å². The summed E-state index contributed by atoms with van der Waals surface area (Å²) in [7, 11) is 0. The molecule has 0 bridgehead atoms. The van der Waals surface area contributed by atoms with Gasteiger partial charge in [-0.1, -0.05) is 23.7 Å².